The molecule has 30 heavy (non-hydrogen) atoms. The van der Waals surface area contributed by atoms with E-state index >= 15 is 0 Å². The van der Waals surface area contributed by atoms with E-state index in [1.165, 1.54) is 122 Å². The third-order valence-electron chi connectivity index (χ3n) is 6.69. The lowest BCUT2D eigenvalue weighted by Gasteiger charge is -2.14. The van der Waals surface area contributed by atoms with Gasteiger partial charge in [-0.15, -0.1) is 0 Å². The zero-order chi connectivity index (χ0) is 22.0. The highest BCUT2D eigenvalue weighted by atomic mass is 15.2. The van der Waals surface area contributed by atoms with E-state index in [1.807, 2.05) is 0 Å². The molecular weight excluding hydrogens is 364 g/mol. The minimum atomic E-state index is 0.593. The molecule has 0 aliphatic rings. The van der Waals surface area contributed by atoms with Crippen LogP contribution in [0.2, 0.25) is 0 Å². The lowest BCUT2D eigenvalue weighted by Crippen LogP contribution is -2.41. The number of nitrogens with zero attached hydrogens (tertiary/aromatic N) is 2. The van der Waals surface area contributed by atoms with Crippen LogP contribution in [0.25, 0.3) is 0 Å². The van der Waals surface area contributed by atoms with E-state index < -0.39 is 0 Å². The minimum Gasteiger partial charge on any atom is -0.234 e. The molecule has 0 saturated heterocycles. The van der Waals surface area contributed by atoms with E-state index in [1.54, 1.807) is 0 Å². The molecule has 2 heteroatoms. The number of unbranched alkanes of at least 4 members (excludes halogenated alkanes) is 14. The summed E-state index contributed by atoms with van der Waals surface area (Å²) in [6, 6.07) is 0.627. The van der Waals surface area contributed by atoms with Gasteiger partial charge in [0.05, 0.1) is 18.5 Å². The number of rotatable bonds is 20. The average molecular weight is 420 g/mol. The fourth-order valence-electron chi connectivity index (χ4n) is 4.77. The summed E-state index contributed by atoms with van der Waals surface area (Å²) >= 11 is 0. The van der Waals surface area contributed by atoms with Gasteiger partial charge in [0.1, 0.15) is 12.4 Å². The van der Waals surface area contributed by atoms with Crippen molar-refractivity contribution < 1.29 is 4.57 Å². The van der Waals surface area contributed by atoms with E-state index in [0.717, 1.165) is 0 Å². The van der Waals surface area contributed by atoms with Gasteiger partial charge >= 0.3 is 0 Å². The van der Waals surface area contributed by atoms with Gasteiger partial charge in [0.25, 0.3) is 5.82 Å². The SMILES string of the molecule is CCCCCCCCCCCC(C)[n+]1ccn(CCCCCCCCC)c1C(C)C. The van der Waals surface area contributed by atoms with Gasteiger partial charge in [0.2, 0.25) is 0 Å². The van der Waals surface area contributed by atoms with Crippen LogP contribution < -0.4 is 4.57 Å². The van der Waals surface area contributed by atoms with Crippen molar-refractivity contribution in [2.45, 2.75) is 162 Å². The molecule has 1 aromatic heterocycles. The lowest BCUT2D eigenvalue weighted by atomic mass is 10.0. The normalized spacial score (nSPS) is 12.7. The Kier molecular flexibility index (Phi) is 16.2. The maximum absolute atomic E-state index is 2.58. The molecule has 0 saturated carbocycles. The van der Waals surface area contributed by atoms with Gasteiger partial charge in [0.15, 0.2) is 0 Å². The largest absolute Gasteiger partial charge is 0.259 e. The standard InChI is InChI=1S/C28H55N2/c1-6-8-10-12-14-15-16-18-20-22-27(5)30-25-24-29(28(30)26(3)4)23-21-19-17-13-11-9-7-2/h24-27H,6-23H2,1-5H3/q+1. The van der Waals surface area contributed by atoms with E-state index in [4.69, 9.17) is 0 Å². The molecule has 1 atom stereocenters. The molecule has 2 nitrogen and oxygen atoms in total. The van der Waals surface area contributed by atoms with Gasteiger partial charge in [0, 0.05) is 0 Å². The van der Waals surface area contributed by atoms with E-state index in [9.17, 15) is 0 Å². The predicted molar refractivity (Wildman–Crippen MR) is 133 cm³/mol. The van der Waals surface area contributed by atoms with Crippen molar-refractivity contribution >= 4 is 0 Å². The maximum Gasteiger partial charge on any atom is 0.259 e. The van der Waals surface area contributed by atoms with Gasteiger partial charge < -0.3 is 0 Å². The monoisotopic (exact) mass is 419 g/mol. The van der Waals surface area contributed by atoms with Crippen LogP contribution in [0.3, 0.4) is 0 Å². The van der Waals surface area contributed by atoms with Gasteiger partial charge in [-0.2, -0.15) is 0 Å². The van der Waals surface area contributed by atoms with E-state index in [-0.39, 0.29) is 0 Å². The molecule has 1 unspecified atom stereocenters. The highest BCUT2D eigenvalue weighted by Crippen LogP contribution is 2.18. The molecule has 0 aliphatic heterocycles. The molecule has 176 valence electrons. The molecule has 0 aliphatic carbocycles. The van der Waals surface area contributed by atoms with Gasteiger partial charge in [-0.1, -0.05) is 111 Å². The Labute approximate surface area is 189 Å². The molecule has 1 rings (SSSR count). The van der Waals surface area contributed by atoms with Crippen molar-refractivity contribution in [3.8, 4) is 0 Å². The number of hydrogen-bond donors (Lipinski definition) is 0. The Morgan fingerprint density at radius 1 is 0.667 bits per heavy atom. The summed E-state index contributed by atoms with van der Waals surface area (Å²) < 4.78 is 5.13. The predicted octanol–water partition coefficient (Wildman–Crippen LogP) is 9.13. The van der Waals surface area contributed by atoms with Gasteiger partial charge in [-0.25, -0.2) is 9.13 Å². The first-order valence-corrected chi connectivity index (χ1v) is 13.7. The van der Waals surface area contributed by atoms with E-state index in [0.29, 0.717) is 12.0 Å². The number of aromatic nitrogens is 2. The van der Waals surface area contributed by atoms with Crippen LogP contribution in [0, 0.1) is 0 Å². The third-order valence-corrected chi connectivity index (χ3v) is 6.69. The van der Waals surface area contributed by atoms with Crippen LogP contribution in [0.4, 0.5) is 0 Å². The van der Waals surface area contributed by atoms with Crippen molar-refractivity contribution in [2.75, 3.05) is 0 Å². The summed E-state index contributed by atoms with van der Waals surface area (Å²) in [6.45, 7) is 12.9. The fraction of sp³-hybridized carbons (Fsp3) is 0.893. The summed E-state index contributed by atoms with van der Waals surface area (Å²) in [7, 11) is 0. The molecule has 0 N–H and O–H groups in total. The van der Waals surface area contributed by atoms with Crippen molar-refractivity contribution in [1.82, 2.24) is 4.57 Å². The number of imidazole rings is 1. The average Bonchev–Trinajstić information content (AvgIpc) is 3.16. The highest BCUT2D eigenvalue weighted by molar-refractivity contribution is 4.90. The summed E-state index contributed by atoms with van der Waals surface area (Å²) in [4.78, 5) is 0. The van der Waals surface area contributed by atoms with Crippen molar-refractivity contribution in [3.05, 3.63) is 18.2 Å². The Morgan fingerprint density at radius 3 is 1.63 bits per heavy atom. The Hall–Kier alpha value is -0.790. The minimum absolute atomic E-state index is 0.593. The molecule has 0 fully saturated rings. The second-order valence-electron chi connectivity index (χ2n) is 10.00. The van der Waals surface area contributed by atoms with Crippen LogP contribution in [0.1, 0.15) is 162 Å². The number of aryl methyl sites for hydroxylation is 1. The first-order chi connectivity index (χ1) is 14.6. The fourth-order valence-corrected chi connectivity index (χ4v) is 4.77. The zero-order valence-corrected chi connectivity index (χ0v) is 21.4. The summed E-state index contributed by atoms with van der Waals surface area (Å²) in [5.41, 5.74) is 0. The van der Waals surface area contributed by atoms with Crippen LogP contribution in [-0.2, 0) is 6.54 Å². The first-order valence-electron chi connectivity index (χ1n) is 13.7. The zero-order valence-electron chi connectivity index (χ0n) is 21.4. The quantitative estimate of drug-likeness (QED) is 0.147. The lowest BCUT2D eigenvalue weighted by molar-refractivity contribution is -0.727. The Bertz CT molecular complexity index is 503. The van der Waals surface area contributed by atoms with Crippen molar-refractivity contribution in [3.63, 3.8) is 0 Å². The topological polar surface area (TPSA) is 8.81 Å². The molecule has 0 amide bonds. The first kappa shape index (κ1) is 27.2. The van der Waals surface area contributed by atoms with Crippen LogP contribution in [-0.4, -0.2) is 4.57 Å². The Balaban J connectivity index is 2.31. The Morgan fingerprint density at radius 2 is 1.13 bits per heavy atom. The highest BCUT2D eigenvalue weighted by Gasteiger charge is 2.23. The molecule has 0 spiro atoms. The smallest absolute Gasteiger partial charge is 0.234 e. The summed E-state index contributed by atoms with van der Waals surface area (Å²) in [6.07, 6.45) is 28.5. The molecular formula is C28H55N2+. The van der Waals surface area contributed by atoms with Crippen LogP contribution in [0.5, 0.6) is 0 Å². The second-order valence-corrected chi connectivity index (χ2v) is 10.00. The molecule has 1 heterocycles. The van der Waals surface area contributed by atoms with Crippen molar-refractivity contribution in [1.29, 1.82) is 0 Å². The third kappa shape index (κ3) is 11.6. The van der Waals surface area contributed by atoms with Crippen LogP contribution >= 0.6 is 0 Å². The van der Waals surface area contributed by atoms with E-state index in [2.05, 4.69) is 56.1 Å². The number of hydrogen-bond acceptors (Lipinski definition) is 0. The molecule has 0 aromatic carbocycles. The van der Waals surface area contributed by atoms with Crippen LogP contribution in [0.15, 0.2) is 12.4 Å². The maximum atomic E-state index is 2.58. The second kappa shape index (κ2) is 17.8. The van der Waals surface area contributed by atoms with Gasteiger partial charge in [-0.3, -0.25) is 0 Å². The van der Waals surface area contributed by atoms with Crippen molar-refractivity contribution in [2.24, 2.45) is 0 Å². The summed E-state index contributed by atoms with van der Waals surface area (Å²) in [5, 5.41) is 0. The van der Waals surface area contributed by atoms with Gasteiger partial charge in [-0.05, 0) is 32.6 Å². The molecule has 0 radical (unpaired) electrons. The molecule has 0 bridgehead atoms. The summed E-state index contributed by atoms with van der Waals surface area (Å²) in [5.74, 6) is 2.12. The molecule has 1 aromatic rings.